The summed E-state index contributed by atoms with van der Waals surface area (Å²) in [6.07, 6.45) is 0. The number of sulfonamides is 1. The van der Waals surface area contributed by atoms with Crippen LogP contribution in [0, 0.1) is 23.5 Å². The normalized spacial score (nSPS) is 23.4. The zero-order valence-electron chi connectivity index (χ0n) is 10.9. The number of carbonyl (C=O) groups is 1. The molecule has 1 aromatic rings. The first kappa shape index (κ1) is 16.3. The molecule has 1 saturated heterocycles. The van der Waals surface area contributed by atoms with Gasteiger partial charge in [0.2, 0.25) is 10.0 Å². The molecular formula is C12H12BrF2NO4S. The molecule has 1 heterocycles. The van der Waals surface area contributed by atoms with Crippen LogP contribution in [0.15, 0.2) is 21.5 Å². The number of halogens is 3. The minimum Gasteiger partial charge on any atom is -0.481 e. The van der Waals surface area contributed by atoms with E-state index in [1.807, 2.05) is 0 Å². The van der Waals surface area contributed by atoms with E-state index in [9.17, 15) is 22.0 Å². The van der Waals surface area contributed by atoms with Gasteiger partial charge in [-0.05, 0) is 27.9 Å². The Bertz CT molecular complexity index is 695. The number of carboxylic acids is 1. The third-order valence-corrected chi connectivity index (χ3v) is 5.94. The molecule has 1 aliphatic heterocycles. The van der Waals surface area contributed by atoms with Gasteiger partial charge in [0.05, 0.1) is 10.4 Å². The molecule has 21 heavy (non-hydrogen) atoms. The van der Waals surface area contributed by atoms with E-state index < -0.39 is 38.4 Å². The zero-order valence-corrected chi connectivity index (χ0v) is 13.3. The van der Waals surface area contributed by atoms with Crippen molar-refractivity contribution in [3.05, 3.63) is 28.2 Å². The van der Waals surface area contributed by atoms with Crippen molar-refractivity contribution in [1.29, 1.82) is 0 Å². The maximum Gasteiger partial charge on any atom is 0.308 e. The van der Waals surface area contributed by atoms with Crippen LogP contribution in [0.4, 0.5) is 8.78 Å². The van der Waals surface area contributed by atoms with Crippen LogP contribution in [-0.2, 0) is 14.8 Å². The summed E-state index contributed by atoms with van der Waals surface area (Å²) in [4.78, 5) is 10.4. The minimum absolute atomic E-state index is 0.0201. The third-order valence-electron chi connectivity index (χ3n) is 3.49. The average Bonchev–Trinajstić information content (AvgIpc) is 2.76. The first-order chi connectivity index (χ1) is 9.64. The summed E-state index contributed by atoms with van der Waals surface area (Å²) < 4.78 is 52.4. The standard InChI is InChI=1S/C12H12BrF2NO4S/c1-6-4-16(5-7(6)12(17)18)21(19,20)11-2-8(13)9(14)3-10(11)15/h2-3,6-7H,4-5H2,1H3,(H,17,18)/t6-,7-/m1/s1. The molecule has 0 spiro atoms. The maximum absolute atomic E-state index is 13.7. The second kappa shape index (κ2) is 5.62. The Morgan fingerprint density at radius 2 is 1.95 bits per heavy atom. The molecule has 2 rings (SSSR count). The first-order valence-corrected chi connectivity index (χ1v) is 8.25. The van der Waals surface area contributed by atoms with Crippen molar-refractivity contribution in [2.75, 3.05) is 13.1 Å². The molecule has 0 unspecified atom stereocenters. The highest BCUT2D eigenvalue weighted by molar-refractivity contribution is 9.10. The molecule has 0 saturated carbocycles. The predicted molar refractivity (Wildman–Crippen MR) is 73.1 cm³/mol. The molecule has 1 fully saturated rings. The summed E-state index contributed by atoms with van der Waals surface area (Å²) in [5.74, 6) is -4.44. The Balaban J connectivity index is 2.40. The van der Waals surface area contributed by atoms with Crippen LogP contribution in [0.5, 0.6) is 0 Å². The Morgan fingerprint density at radius 1 is 1.33 bits per heavy atom. The van der Waals surface area contributed by atoms with E-state index in [0.29, 0.717) is 6.07 Å². The van der Waals surface area contributed by atoms with Gasteiger partial charge in [-0.15, -0.1) is 0 Å². The van der Waals surface area contributed by atoms with Crippen molar-refractivity contribution >= 4 is 31.9 Å². The number of aliphatic carboxylic acids is 1. The van der Waals surface area contributed by atoms with Crippen molar-refractivity contribution in [2.45, 2.75) is 11.8 Å². The molecule has 1 N–H and O–H groups in total. The average molecular weight is 384 g/mol. The van der Waals surface area contributed by atoms with E-state index in [1.54, 1.807) is 6.92 Å². The fraction of sp³-hybridized carbons (Fsp3) is 0.417. The van der Waals surface area contributed by atoms with Gasteiger partial charge in [-0.2, -0.15) is 4.31 Å². The van der Waals surface area contributed by atoms with Gasteiger partial charge >= 0.3 is 5.97 Å². The number of carboxylic acid groups (broad SMARTS) is 1. The predicted octanol–water partition coefficient (Wildman–Crippen LogP) is 2.07. The van der Waals surface area contributed by atoms with Gasteiger partial charge < -0.3 is 5.11 Å². The van der Waals surface area contributed by atoms with Gasteiger partial charge in [-0.1, -0.05) is 6.92 Å². The molecule has 5 nitrogen and oxygen atoms in total. The van der Waals surface area contributed by atoms with Gasteiger partial charge in [0.25, 0.3) is 0 Å². The maximum atomic E-state index is 13.7. The summed E-state index contributed by atoms with van der Waals surface area (Å²) >= 11 is 2.81. The molecule has 0 radical (unpaired) electrons. The smallest absolute Gasteiger partial charge is 0.308 e. The molecule has 116 valence electrons. The molecular weight excluding hydrogens is 372 g/mol. The van der Waals surface area contributed by atoms with Crippen molar-refractivity contribution < 1.29 is 27.1 Å². The summed E-state index contributed by atoms with van der Waals surface area (Å²) in [5, 5.41) is 9.02. The fourth-order valence-electron chi connectivity index (χ4n) is 2.28. The highest BCUT2D eigenvalue weighted by Crippen LogP contribution is 2.31. The third kappa shape index (κ3) is 2.95. The molecule has 2 atom stereocenters. The molecule has 1 aliphatic rings. The Labute approximate surface area is 128 Å². The lowest BCUT2D eigenvalue weighted by Gasteiger charge is -2.17. The lowest BCUT2D eigenvalue weighted by atomic mass is 9.99. The number of nitrogens with zero attached hydrogens (tertiary/aromatic N) is 1. The molecule has 0 amide bonds. The quantitative estimate of drug-likeness (QED) is 0.810. The second-order valence-corrected chi connectivity index (χ2v) is 7.70. The summed E-state index contributed by atoms with van der Waals surface area (Å²) in [5.41, 5.74) is 0. The van der Waals surface area contributed by atoms with Crippen LogP contribution in [-0.4, -0.2) is 36.9 Å². The Hall–Kier alpha value is -1.06. The lowest BCUT2D eigenvalue weighted by Crippen LogP contribution is -2.30. The zero-order chi connectivity index (χ0) is 15.9. The van der Waals surface area contributed by atoms with Gasteiger partial charge in [0.15, 0.2) is 0 Å². The van der Waals surface area contributed by atoms with E-state index in [0.717, 1.165) is 10.4 Å². The largest absolute Gasteiger partial charge is 0.481 e. The highest BCUT2D eigenvalue weighted by atomic mass is 79.9. The molecule has 0 bridgehead atoms. The van der Waals surface area contributed by atoms with E-state index in [4.69, 9.17) is 5.11 Å². The fourth-order valence-corrected chi connectivity index (χ4v) is 4.41. The highest BCUT2D eigenvalue weighted by Gasteiger charge is 2.41. The Kier molecular flexibility index (Phi) is 4.36. The molecule has 9 heteroatoms. The Morgan fingerprint density at radius 3 is 2.48 bits per heavy atom. The van der Waals surface area contributed by atoms with E-state index >= 15 is 0 Å². The van der Waals surface area contributed by atoms with Crippen LogP contribution >= 0.6 is 15.9 Å². The number of rotatable bonds is 3. The van der Waals surface area contributed by atoms with Crippen LogP contribution in [0.1, 0.15) is 6.92 Å². The van der Waals surface area contributed by atoms with Gasteiger partial charge in [-0.25, -0.2) is 17.2 Å². The topological polar surface area (TPSA) is 74.7 Å². The van der Waals surface area contributed by atoms with Crippen molar-refractivity contribution in [2.24, 2.45) is 11.8 Å². The van der Waals surface area contributed by atoms with E-state index in [1.165, 1.54) is 0 Å². The van der Waals surface area contributed by atoms with Crippen LogP contribution < -0.4 is 0 Å². The van der Waals surface area contributed by atoms with Crippen LogP contribution in [0.2, 0.25) is 0 Å². The van der Waals surface area contributed by atoms with E-state index in [-0.39, 0.29) is 23.5 Å². The SMILES string of the molecule is C[C@@H]1CN(S(=O)(=O)c2cc(Br)c(F)cc2F)C[C@H]1C(=O)O. The van der Waals surface area contributed by atoms with Gasteiger partial charge in [-0.3, -0.25) is 4.79 Å². The molecule has 1 aromatic carbocycles. The van der Waals surface area contributed by atoms with Crippen LogP contribution in [0.3, 0.4) is 0 Å². The minimum atomic E-state index is -4.21. The second-order valence-electron chi connectivity index (χ2n) is 4.94. The van der Waals surface area contributed by atoms with Crippen LogP contribution in [0.25, 0.3) is 0 Å². The summed E-state index contributed by atoms with van der Waals surface area (Å²) in [6.45, 7) is 1.37. The van der Waals surface area contributed by atoms with E-state index in [2.05, 4.69) is 15.9 Å². The van der Waals surface area contributed by atoms with Gasteiger partial charge in [0, 0.05) is 19.2 Å². The molecule has 0 aliphatic carbocycles. The van der Waals surface area contributed by atoms with Crippen molar-refractivity contribution in [3.8, 4) is 0 Å². The van der Waals surface area contributed by atoms with Crippen molar-refractivity contribution in [1.82, 2.24) is 4.31 Å². The first-order valence-electron chi connectivity index (χ1n) is 6.02. The summed E-state index contributed by atoms with van der Waals surface area (Å²) in [6, 6.07) is 1.32. The monoisotopic (exact) mass is 383 g/mol. The van der Waals surface area contributed by atoms with Crippen molar-refractivity contribution in [3.63, 3.8) is 0 Å². The number of hydrogen-bond donors (Lipinski definition) is 1. The lowest BCUT2D eigenvalue weighted by molar-refractivity contribution is -0.142. The van der Waals surface area contributed by atoms with Gasteiger partial charge in [0.1, 0.15) is 16.5 Å². The number of hydrogen-bond acceptors (Lipinski definition) is 3. The number of benzene rings is 1. The summed E-state index contributed by atoms with van der Waals surface area (Å²) in [7, 11) is -4.21. The molecule has 0 aromatic heterocycles.